The Kier molecular flexibility index (Phi) is 9.27. The van der Waals surface area contributed by atoms with Gasteiger partial charge in [-0.05, 0) is 55.4 Å². The molecule has 3 rings (SSSR count). The van der Waals surface area contributed by atoms with Crippen molar-refractivity contribution in [1.82, 2.24) is 15.2 Å². The summed E-state index contributed by atoms with van der Waals surface area (Å²) < 4.78 is 11.6. The number of hydrogen-bond donors (Lipinski definition) is 1. The van der Waals surface area contributed by atoms with Crippen molar-refractivity contribution in [3.8, 4) is 11.5 Å². The molecule has 0 aliphatic carbocycles. The van der Waals surface area contributed by atoms with E-state index in [4.69, 9.17) is 9.47 Å². The third kappa shape index (κ3) is 7.32. The van der Waals surface area contributed by atoms with Gasteiger partial charge >= 0.3 is 0 Å². The summed E-state index contributed by atoms with van der Waals surface area (Å²) in [6.45, 7) is 10.6. The van der Waals surface area contributed by atoms with Gasteiger partial charge in [0, 0.05) is 36.6 Å². The van der Waals surface area contributed by atoms with E-state index >= 15 is 0 Å². The van der Waals surface area contributed by atoms with Crippen LogP contribution in [0.1, 0.15) is 47.8 Å². The molecule has 6 nitrogen and oxygen atoms in total. The highest BCUT2D eigenvalue weighted by Gasteiger charge is 2.12. The molecule has 0 aliphatic rings. The maximum atomic E-state index is 12.7. The van der Waals surface area contributed by atoms with Gasteiger partial charge in [-0.25, -0.2) is 0 Å². The normalized spacial score (nSPS) is 10.8. The average molecular weight is 448 g/mol. The zero-order valence-corrected chi connectivity index (χ0v) is 19.7. The summed E-state index contributed by atoms with van der Waals surface area (Å²) >= 11 is 0. The van der Waals surface area contributed by atoms with Crippen LogP contribution in [0, 0.1) is 0 Å². The molecule has 1 amide bonds. The van der Waals surface area contributed by atoms with Gasteiger partial charge in [-0.15, -0.1) is 0 Å². The number of hydrogen-bond acceptors (Lipinski definition) is 5. The van der Waals surface area contributed by atoms with Crippen LogP contribution in [0.15, 0.2) is 67.0 Å². The maximum Gasteiger partial charge on any atom is 0.251 e. The van der Waals surface area contributed by atoms with Crippen molar-refractivity contribution in [2.75, 3.05) is 19.7 Å². The Bertz CT molecular complexity index is 1000. The molecule has 0 spiro atoms. The van der Waals surface area contributed by atoms with E-state index in [1.165, 1.54) is 5.56 Å². The largest absolute Gasteiger partial charge is 0.490 e. The summed E-state index contributed by atoms with van der Waals surface area (Å²) in [5, 5.41) is 2.99. The Morgan fingerprint density at radius 2 is 1.67 bits per heavy atom. The minimum atomic E-state index is -0.151. The summed E-state index contributed by atoms with van der Waals surface area (Å²) in [5.41, 5.74) is 3.83. The highest BCUT2D eigenvalue weighted by Crippen LogP contribution is 2.29. The van der Waals surface area contributed by atoms with Gasteiger partial charge in [-0.3, -0.25) is 14.7 Å². The Hall–Kier alpha value is -3.38. The average Bonchev–Trinajstić information content (AvgIpc) is 2.86. The van der Waals surface area contributed by atoms with Gasteiger partial charge in [-0.1, -0.05) is 44.2 Å². The van der Waals surface area contributed by atoms with E-state index in [9.17, 15) is 4.79 Å². The van der Waals surface area contributed by atoms with Crippen LogP contribution in [-0.4, -0.2) is 35.5 Å². The SMILES string of the molecule is CCOc1cc(C(=O)NCc2ccc(CN(CC)CC)cc2)ccc1OCc1cccnc1. The third-order valence-electron chi connectivity index (χ3n) is 5.40. The summed E-state index contributed by atoms with van der Waals surface area (Å²) in [7, 11) is 0. The van der Waals surface area contributed by atoms with E-state index in [-0.39, 0.29) is 5.91 Å². The number of rotatable bonds is 12. The molecule has 1 heterocycles. The van der Waals surface area contributed by atoms with E-state index in [1.54, 1.807) is 30.6 Å². The van der Waals surface area contributed by atoms with E-state index in [0.717, 1.165) is 30.8 Å². The fourth-order valence-corrected chi connectivity index (χ4v) is 3.43. The second-order valence-electron chi connectivity index (χ2n) is 7.71. The molecule has 1 aromatic heterocycles. The number of amides is 1. The van der Waals surface area contributed by atoms with Crippen LogP contribution in [-0.2, 0) is 19.7 Å². The fourth-order valence-electron chi connectivity index (χ4n) is 3.43. The van der Waals surface area contributed by atoms with Crippen LogP contribution in [0.3, 0.4) is 0 Å². The predicted molar refractivity (Wildman–Crippen MR) is 130 cm³/mol. The number of nitrogens with one attached hydrogen (secondary N) is 1. The summed E-state index contributed by atoms with van der Waals surface area (Å²) in [4.78, 5) is 19.2. The van der Waals surface area contributed by atoms with Crippen molar-refractivity contribution in [1.29, 1.82) is 0 Å². The van der Waals surface area contributed by atoms with Gasteiger partial charge in [0.1, 0.15) is 6.61 Å². The first-order valence-electron chi connectivity index (χ1n) is 11.5. The molecule has 0 atom stereocenters. The van der Waals surface area contributed by atoms with Gasteiger partial charge in [0.15, 0.2) is 11.5 Å². The first-order chi connectivity index (χ1) is 16.1. The lowest BCUT2D eigenvalue weighted by Gasteiger charge is -2.18. The van der Waals surface area contributed by atoms with Gasteiger partial charge in [0.2, 0.25) is 0 Å². The minimum absolute atomic E-state index is 0.151. The molecule has 2 aromatic carbocycles. The third-order valence-corrected chi connectivity index (χ3v) is 5.40. The molecule has 0 unspecified atom stereocenters. The van der Waals surface area contributed by atoms with E-state index < -0.39 is 0 Å². The molecule has 6 heteroatoms. The fraction of sp³-hybridized carbons (Fsp3) is 0.333. The smallest absolute Gasteiger partial charge is 0.251 e. The van der Waals surface area contributed by atoms with Crippen molar-refractivity contribution >= 4 is 5.91 Å². The standard InChI is InChI=1S/C27H33N3O3/c1-4-30(5-2)19-22-11-9-21(10-12-22)18-29-27(31)24-13-14-25(26(16-24)32-6-3)33-20-23-8-7-15-28-17-23/h7-17H,4-6,18-20H2,1-3H3,(H,29,31). The van der Waals surface area contributed by atoms with Crippen molar-refractivity contribution < 1.29 is 14.3 Å². The molecule has 0 radical (unpaired) electrons. The first kappa shape index (κ1) is 24.3. The lowest BCUT2D eigenvalue weighted by Crippen LogP contribution is -2.23. The molecule has 1 N–H and O–H groups in total. The second-order valence-corrected chi connectivity index (χ2v) is 7.71. The van der Waals surface area contributed by atoms with E-state index in [0.29, 0.717) is 36.8 Å². The summed E-state index contributed by atoms with van der Waals surface area (Å²) in [6.07, 6.45) is 3.49. The van der Waals surface area contributed by atoms with Crippen molar-refractivity contribution in [2.24, 2.45) is 0 Å². The molecular formula is C27H33N3O3. The van der Waals surface area contributed by atoms with E-state index in [2.05, 4.69) is 53.3 Å². The predicted octanol–water partition coefficient (Wildman–Crippen LogP) is 4.83. The molecule has 0 bridgehead atoms. The van der Waals surface area contributed by atoms with Gasteiger partial charge in [-0.2, -0.15) is 0 Å². The van der Waals surface area contributed by atoms with Crippen LogP contribution < -0.4 is 14.8 Å². The van der Waals surface area contributed by atoms with E-state index in [1.807, 2.05) is 19.1 Å². The van der Waals surface area contributed by atoms with Crippen LogP contribution in [0.25, 0.3) is 0 Å². The van der Waals surface area contributed by atoms with Crippen LogP contribution in [0.5, 0.6) is 11.5 Å². The van der Waals surface area contributed by atoms with Gasteiger partial charge in [0.25, 0.3) is 5.91 Å². The summed E-state index contributed by atoms with van der Waals surface area (Å²) in [5.74, 6) is 0.998. The van der Waals surface area contributed by atoms with Crippen molar-refractivity contribution in [3.05, 3.63) is 89.2 Å². The minimum Gasteiger partial charge on any atom is -0.490 e. The number of nitrogens with zero attached hydrogens (tertiary/aromatic N) is 2. The Morgan fingerprint density at radius 1 is 0.909 bits per heavy atom. The zero-order chi connectivity index (χ0) is 23.5. The number of benzene rings is 2. The van der Waals surface area contributed by atoms with Crippen LogP contribution >= 0.6 is 0 Å². The molecule has 174 valence electrons. The lowest BCUT2D eigenvalue weighted by molar-refractivity contribution is 0.0950. The molecule has 0 fully saturated rings. The number of carbonyl (C=O) groups is 1. The highest BCUT2D eigenvalue weighted by atomic mass is 16.5. The number of aromatic nitrogens is 1. The zero-order valence-electron chi connectivity index (χ0n) is 19.7. The number of carbonyl (C=O) groups excluding carboxylic acids is 1. The van der Waals surface area contributed by atoms with Crippen molar-refractivity contribution in [3.63, 3.8) is 0 Å². The second kappa shape index (κ2) is 12.6. The number of pyridine rings is 1. The topological polar surface area (TPSA) is 63.7 Å². The highest BCUT2D eigenvalue weighted by molar-refractivity contribution is 5.94. The molecule has 33 heavy (non-hydrogen) atoms. The Morgan fingerprint density at radius 3 is 2.33 bits per heavy atom. The van der Waals surface area contributed by atoms with Gasteiger partial charge in [0.05, 0.1) is 6.61 Å². The Labute approximate surface area is 196 Å². The number of ether oxygens (including phenoxy) is 2. The molecule has 0 saturated heterocycles. The Balaban J connectivity index is 1.59. The summed E-state index contributed by atoms with van der Waals surface area (Å²) in [6, 6.07) is 17.5. The molecule has 3 aromatic rings. The van der Waals surface area contributed by atoms with Crippen LogP contribution in [0.4, 0.5) is 0 Å². The lowest BCUT2D eigenvalue weighted by atomic mass is 10.1. The monoisotopic (exact) mass is 447 g/mol. The van der Waals surface area contributed by atoms with Gasteiger partial charge < -0.3 is 14.8 Å². The molecular weight excluding hydrogens is 414 g/mol. The maximum absolute atomic E-state index is 12.7. The first-order valence-corrected chi connectivity index (χ1v) is 11.5. The quantitative estimate of drug-likeness (QED) is 0.431. The molecule has 0 aliphatic heterocycles. The van der Waals surface area contributed by atoms with Crippen molar-refractivity contribution in [2.45, 2.75) is 40.5 Å². The van der Waals surface area contributed by atoms with Crippen LogP contribution in [0.2, 0.25) is 0 Å². The molecule has 0 saturated carbocycles.